The van der Waals surface area contributed by atoms with Crippen LogP contribution in [0.15, 0.2) is 47.1 Å². The van der Waals surface area contributed by atoms with Crippen molar-refractivity contribution in [1.82, 2.24) is 4.57 Å². The number of carbonyl (C=O) groups is 2. The molecule has 7 heteroatoms. The highest BCUT2D eigenvalue weighted by atomic mass is 35.5. The van der Waals surface area contributed by atoms with E-state index in [9.17, 15) is 9.59 Å². The number of nitrogens with zero attached hydrogens (tertiary/aromatic N) is 1. The van der Waals surface area contributed by atoms with E-state index < -0.39 is 5.97 Å². The van der Waals surface area contributed by atoms with Crippen LogP contribution >= 0.6 is 23.2 Å². The molecule has 0 aliphatic rings. The Bertz CT molecular complexity index is 986. The zero-order valence-corrected chi connectivity index (χ0v) is 17.0. The molecular weight excluding hydrogens is 401 g/mol. The highest BCUT2D eigenvalue weighted by molar-refractivity contribution is 6.36. The summed E-state index contributed by atoms with van der Waals surface area (Å²) in [6.45, 7) is 3.96. The minimum absolute atomic E-state index is 0.0939. The lowest BCUT2D eigenvalue weighted by atomic mass is 10.1. The molecule has 2 aromatic heterocycles. The van der Waals surface area contributed by atoms with Gasteiger partial charge in [-0.05, 0) is 44.2 Å². The normalized spacial score (nSPS) is 10.9. The number of furan rings is 1. The lowest BCUT2D eigenvalue weighted by molar-refractivity contribution is -0.141. The molecule has 28 heavy (non-hydrogen) atoms. The van der Waals surface area contributed by atoms with Crippen LogP contribution in [0.5, 0.6) is 0 Å². The van der Waals surface area contributed by atoms with Crippen LogP contribution in [0.1, 0.15) is 33.1 Å². The summed E-state index contributed by atoms with van der Waals surface area (Å²) in [6, 6.07) is 10.5. The van der Waals surface area contributed by atoms with Crippen molar-refractivity contribution in [3.8, 4) is 0 Å². The van der Waals surface area contributed by atoms with Crippen LogP contribution in [-0.4, -0.2) is 22.9 Å². The lowest BCUT2D eigenvalue weighted by Gasteiger charge is -2.09. The van der Waals surface area contributed by atoms with Crippen LogP contribution in [0.25, 0.3) is 0 Å². The van der Waals surface area contributed by atoms with E-state index in [0.717, 1.165) is 17.1 Å². The molecule has 0 bridgehead atoms. The molecular formula is C21H19Cl2NO4. The van der Waals surface area contributed by atoms with Gasteiger partial charge in [0.1, 0.15) is 5.76 Å². The highest BCUT2D eigenvalue weighted by Gasteiger charge is 2.19. The molecule has 0 fully saturated rings. The van der Waals surface area contributed by atoms with Gasteiger partial charge in [-0.3, -0.25) is 9.59 Å². The fourth-order valence-electron chi connectivity index (χ4n) is 3.01. The number of halogens is 2. The van der Waals surface area contributed by atoms with Crippen molar-refractivity contribution >= 4 is 35.0 Å². The van der Waals surface area contributed by atoms with Crippen LogP contribution in [0, 0.1) is 13.8 Å². The van der Waals surface area contributed by atoms with Gasteiger partial charge in [-0.2, -0.15) is 0 Å². The smallest absolute Gasteiger partial charge is 0.310 e. The van der Waals surface area contributed by atoms with E-state index in [0.29, 0.717) is 27.7 Å². The van der Waals surface area contributed by atoms with E-state index in [1.807, 2.05) is 30.5 Å². The topological polar surface area (TPSA) is 61.4 Å². The minimum Gasteiger partial charge on any atom is -0.467 e. The Labute approximate surface area is 172 Å². The van der Waals surface area contributed by atoms with Crippen molar-refractivity contribution < 1.29 is 18.7 Å². The summed E-state index contributed by atoms with van der Waals surface area (Å²) in [6.07, 6.45) is 1.52. The first kappa shape index (κ1) is 20.2. The summed E-state index contributed by atoms with van der Waals surface area (Å²) >= 11 is 12.1. The van der Waals surface area contributed by atoms with Gasteiger partial charge in [-0.25, -0.2) is 0 Å². The van der Waals surface area contributed by atoms with Crippen LogP contribution in [0.2, 0.25) is 10.0 Å². The first-order chi connectivity index (χ1) is 13.4. The van der Waals surface area contributed by atoms with Crippen LogP contribution in [0.4, 0.5) is 0 Å². The predicted octanol–water partition coefficient (Wildman–Crippen LogP) is 5.02. The number of hydrogen-bond acceptors (Lipinski definition) is 4. The third kappa shape index (κ3) is 4.49. The maximum Gasteiger partial charge on any atom is 0.310 e. The van der Waals surface area contributed by atoms with Gasteiger partial charge >= 0.3 is 5.97 Å². The molecule has 0 N–H and O–H groups in total. The maximum atomic E-state index is 12.6. The number of aryl methyl sites for hydroxylation is 1. The Kier molecular flexibility index (Phi) is 6.27. The second-order valence-corrected chi connectivity index (χ2v) is 7.23. The summed E-state index contributed by atoms with van der Waals surface area (Å²) in [7, 11) is 0. The van der Waals surface area contributed by atoms with Gasteiger partial charge in [0.2, 0.25) is 5.78 Å². The number of aromatic nitrogens is 1. The molecule has 0 radical (unpaired) electrons. The number of esters is 1. The van der Waals surface area contributed by atoms with E-state index in [4.69, 9.17) is 32.4 Å². The first-order valence-corrected chi connectivity index (χ1v) is 9.43. The van der Waals surface area contributed by atoms with E-state index in [2.05, 4.69) is 0 Å². The highest BCUT2D eigenvalue weighted by Crippen LogP contribution is 2.25. The van der Waals surface area contributed by atoms with E-state index in [1.165, 1.54) is 0 Å². The quantitative estimate of drug-likeness (QED) is 0.398. The summed E-state index contributed by atoms with van der Waals surface area (Å²) in [5, 5.41) is 0.773. The van der Waals surface area contributed by atoms with Gasteiger partial charge in [0.25, 0.3) is 0 Å². The standard InChI is InChI=1S/C21H19Cl2NO4/c1-13-9-16(14(2)24(13)11-15-5-4-8-27-15)20(25)12-28-21(26)10-17-18(22)6-3-7-19(17)23/h3-9H,10-12H2,1-2H3. The van der Waals surface area contributed by atoms with Crippen molar-refractivity contribution in [2.24, 2.45) is 0 Å². The van der Waals surface area contributed by atoms with Crippen molar-refractivity contribution in [3.05, 3.63) is 81.0 Å². The second-order valence-electron chi connectivity index (χ2n) is 6.41. The van der Waals surface area contributed by atoms with Gasteiger partial charge in [-0.1, -0.05) is 29.3 Å². The first-order valence-electron chi connectivity index (χ1n) is 8.67. The molecule has 1 aromatic carbocycles. The molecule has 146 valence electrons. The second kappa shape index (κ2) is 8.67. The molecule has 0 amide bonds. The Morgan fingerprint density at radius 1 is 1.11 bits per heavy atom. The molecule has 0 unspecified atom stereocenters. The molecule has 3 aromatic rings. The van der Waals surface area contributed by atoms with Gasteiger partial charge in [0.15, 0.2) is 6.61 Å². The summed E-state index contributed by atoms with van der Waals surface area (Å²) in [5.74, 6) is -0.0333. The van der Waals surface area contributed by atoms with Crippen molar-refractivity contribution in [3.63, 3.8) is 0 Å². The van der Waals surface area contributed by atoms with Crippen molar-refractivity contribution in [2.75, 3.05) is 6.61 Å². The SMILES string of the molecule is Cc1cc(C(=O)COC(=O)Cc2c(Cl)cccc2Cl)c(C)n1Cc1ccco1. The molecule has 0 spiro atoms. The number of hydrogen-bond donors (Lipinski definition) is 0. The molecule has 0 saturated heterocycles. The van der Waals surface area contributed by atoms with Crippen LogP contribution < -0.4 is 0 Å². The number of rotatable bonds is 7. The Balaban J connectivity index is 1.64. The molecule has 0 atom stereocenters. The lowest BCUT2D eigenvalue weighted by Crippen LogP contribution is -2.16. The minimum atomic E-state index is -0.562. The zero-order chi connectivity index (χ0) is 20.3. The average Bonchev–Trinajstić information content (AvgIpc) is 3.26. The molecule has 0 aliphatic heterocycles. The third-order valence-corrected chi connectivity index (χ3v) is 5.22. The number of benzene rings is 1. The Morgan fingerprint density at radius 3 is 2.46 bits per heavy atom. The summed E-state index contributed by atoms with van der Waals surface area (Å²) in [5.41, 5.74) is 2.73. The number of ether oxygens (including phenoxy) is 1. The zero-order valence-electron chi connectivity index (χ0n) is 15.5. The van der Waals surface area contributed by atoms with Gasteiger partial charge < -0.3 is 13.7 Å². The third-order valence-electron chi connectivity index (χ3n) is 4.52. The molecule has 5 nitrogen and oxygen atoms in total. The Hall–Kier alpha value is -2.50. The number of ketones is 1. The van der Waals surface area contributed by atoms with Crippen LogP contribution in [0.3, 0.4) is 0 Å². The van der Waals surface area contributed by atoms with Crippen molar-refractivity contribution in [2.45, 2.75) is 26.8 Å². The van der Waals surface area contributed by atoms with E-state index in [1.54, 1.807) is 30.5 Å². The van der Waals surface area contributed by atoms with E-state index in [-0.39, 0.29) is 18.8 Å². The molecule has 0 aliphatic carbocycles. The largest absolute Gasteiger partial charge is 0.467 e. The average molecular weight is 420 g/mol. The fraction of sp³-hybridized carbons (Fsp3) is 0.238. The van der Waals surface area contributed by atoms with Crippen LogP contribution in [-0.2, 0) is 22.5 Å². The number of carbonyl (C=O) groups excluding carboxylic acids is 2. The molecule has 2 heterocycles. The monoisotopic (exact) mass is 419 g/mol. The number of Topliss-reactive ketones (excluding diaryl/α,β-unsaturated/α-hetero) is 1. The Morgan fingerprint density at radius 2 is 1.82 bits per heavy atom. The summed E-state index contributed by atoms with van der Waals surface area (Å²) < 4.78 is 12.5. The fourth-order valence-corrected chi connectivity index (χ4v) is 3.54. The molecule has 0 saturated carbocycles. The van der Waals surface area contributed by atoms with Crippen molar-refractivity contribution in [1.29, 1.82) is 0 Å². The van der Waals surface area contributed by atoms with Gasteiger partial charge in [0.05, 0.1) is 19.2 Å². The van der Waals surface area contributed by atoms with Gasteiger partial charge in [0, 0.05) is 32.6 Å². The van der Waals surface area contributed by atoms with E-state index >= 15 is 0 Å². The summed E-state index contributed by atoms with van der Waals surface area (Å²) in [4.78, 5) is 24.7. The predicted molar refractivity (Wildman–Crippen MR) is 107 cm³/mol. The van der Waals surface area contributed by atoms with Gasteiger partial charge in [-0.15, -0.1) is 0 Å². The molecule has 3 rings (SSSR count). The maximum absolute atomic E-state index is 12.6.